The molecule has 0 aliphatic rings. The van der Waals surface area contributed by atoms with E-state index < -0.39 is 21.6 Å². The van der Waals surface area contributed by atoms with Crippen molar-refractivity contribution < 1.29 is 28.4 Å². The van der Waals surface area contributed by atoms with Gasteiger partial charge in [0.25, 0.3) is 0 Å². The molecule has 4 rings (SSSR count). The molecule has 8 heteroatoms. The standard InChI is InChI=1S/C33H38O6P2/c1-34-25-15-7-11-19-29(25)40(30-20-12-8-16-26(30)35-2)23-33(38-5,39-6)24-41(31-21-13-9-17-27(31)36-3)32-22-14-10-18-28(32)37-4/h7-22H,23-24H2,1-6H3. The van der Waals surface area contributed by atoms with Crippen LogP contribution < -0.4 is 40.2 Å². The van der Waals surface area contributed by atoms with E-state index in [0.717, 1.165) is 44.2 Å². The second-order valence-corrected chi connectivity index (χ2v) is 13.5. The fourth-order valence-corrected chi connectivity index (χ4v) is 10.8. The molecule has 0 aliphatic carbocycles. The quantitative estimate of drug-likeness (QED) is 0.147. The predicted octanol–water partition coefficient (Wildman–Crippen LogP) is 5.28. The number of benzene rings is 4. The molecule has 0 fully saturated rings. The summed E-state index contributed by atoms with van der Waals surface area (Å²) in [5.41, 5.74) is 0. The minimum absolute atomic E-state index is 0.569. The minimum atomic E-state index is -1.05. The van der Waals surface area contributed by atoms with Crippen molar-refractivity contribution in [3.05, 3.63) is 97.1 Å². The lowest BCUT2D eigenvalue weighted by Crippen LogP contribution is -2.44. The third-order valence-electron chi connectivity index (χ3n) is 7.05. The third kappa shape index (κ3) is 6.85. The highest BCUT2D eigenvalue weighted by molar-refractivity contribution is 7.74. The number of para-hydroxylation sites is 4. The Kier molecular flexibility index (Phi) is 11.0. The molecule has 41 heavy (non-hydrogen) atoms. The van der Waals surface area contributed by atoms with Crippen LogP contribution in [-0.4, -0.2) is 60.8 Å². The lowest BCUT2D eigenvalue weighted by molar-refractivity contribution is -0.172. The average Bonchev–Trinajstić information content (AvgIpc) is 3.05. The third-order valence-corrected chi connectivity index (χ3v) is 12.4. The van der Waals surface area contributed by atoms with E-state index in [4.69, 9.17) is 28.4 Å². The summed E-state index contributed by atoms with van der Waals surface area (Å²) in [6, 6.07) is 32.6. The number of ether oxygens (including phenoxy) is 6. The van der Waals surface area contributed by atoms with Crippen LogP contribution in [0.25, 0.3) is 0 Å². The Hall–Kier alpha value is -3.14. The normalized spacial score (nSPS) is 11.5. The van der Waals surface area contributed by atoms with Gasteiger partial charge in [-0.1, -0.05) is 72.8 Å². The molecule has 0 unspecified atom stereocenters. The Morgan fingerprint density at radius 1 is 0.415 bits per heavy atom. The molecule has 0 bridgehead atoms. The molecule has 0 radical (unpaired) electrons. The second kappa shape index (κ2) is 14.7. The molecule has 4 aromatic carbocycles. The Balaban J connectivity index is 1.88. The summed E-state index contributed by atoms with van der Waals surface area (Å²) in [6.45, 7) is 0. The number of rotatable bonds is 14. The predicted molar refractivity (Wildman–Crippen MR) is 171 cm³/mol. The maximum absolute atomic E-state index is 6.38. The van der Waals surface area contributed by atoms with E-state index in [-0.39, 0.29) is 0 Å². The fourth-order valence-electron chi connectivity index (χ4n) is 4.88. The maximum atomic E-state index is 6.38. The van der Waals surface area contributed by atoms with Crippen molar-refractivity contribution >= 4 is 37.1 Å². The lowest BCUT2D eigenvalue weighted by atomic mass is 10.3. The highest BCUT2D eigenvalue weighted by Gasteiger charge is 2.40. The zero-order chi connectivity index (χ0) is 29.2. The summed E-state index contributed by atoms with van der Waals surface area (Å²) in [5, 5.41) is 4.36. The van der Waals surface area contributed by atoms with Crippen LogP contribution in [0.2, 0.25) is 0 Å². The molecule has 0 saturated heterocycles. The first-order valence-corrected chi connectivity index (χ1v) is 16.3. The number of hydrogen-bond acceptors (Lipinski definition) is 6. The molecule has 0 spiro atoms. The van der Waals surface area contributed by atoms with Crippen molar-refractivity contribution in [1.29, 1.82) is 0 Å². The summed E-state index contributed by atoms with van der Waals surface area (Å²) in [7, 11) is 8.17. The summed E-state index contributed by atoms with van der Waals surface area (Å²) in [5.74, 6) is 2.33. The van der Waals surface area contributed by atoms with Crippen LogP contribution in [0.3, 0.4) is 0 Å². The van der Waals surface area contributed by atoms with Crippen LogP contribution in [0.15, 0.2) is 97.1 Å². The lowest BCUT2D eigenvalue weighted by Gasteiger charge is -2.38. The summed E-state index contributed by atoms with van der Waals surface area (Å²) in [4.78, 5) is 0. The molecule has 4 aromatic rings. The van der Waals surface area contributed by atoms with Gasteiger partial charge in [0, 0.05) is 47.8 Å². The van der Waals surface area contributed by atoms with Gasteiger partial charge in [0.1, 0.15) is 23.0 Å². The molecule has 216 valence electrons. The average molecular weight is 593 g/mol. The van der Waals surface area contributed by atoms with Crippen LogP contribution in [0, 0.1) is 0 Å². The van der Waals surface area contributed by atoms with Crippen LogP contribution >= 0.6 is 15.8 Å². The maximum Gasteiger partial charge on any atom is 0.176 e. The monoisotopic (exact) mass is 592 g/mol. The van der Waals surface area contributed by atoms with Gasteiger partial charge in [0.05, 0.1) is 28.4 Å². The van der Waals surface area contributed by atoms with E-state index in [1.54, 1.807) is 42.7 Å². The Bertz CT molecular complexity index is 1210. The first-order chi connectivity index (χ1) is 20.0. The summed E-state index contributed by atoms with van der Waals surface area (Å²) < 4.78 is 36.1. The Labute approximate surface area is 246 Å². The fraction of sp³-hybridized carbons (Fsp3) is 0.273. The van der Waals surface area contributed by atoms with Crippen molar-refractivity contribution in [1.82, 2.24) is 0 Å². The summed E-state index contributed by atoms with van der Waals surface area (Å²) >= 11 is 0. The highest BCUT2D eigenvalue weighted by Crippen LogP contribution is 2.49. The smallest absolute Gasteiger partial charge is 0.176 e. The topological polar surface area (TPSA) is 55.4 Å². The molecular formula is C33H38O6P2. The molecule has 0 aromatic heterocycles. The van der Waals surface area contributed by atoms with Gasteiger partial charge in [-0.3, -0.25) is 0 Å². The van der Waals surface area contributed by atoms with Crippen molar-refractivity contribution in [2.24, 2.45) is 0 Å². The van der Waals surface area contributed by atoms with Gasteiger partial charge in [-0.15, -0.1) is 0 Å². The van der Waals surface area contributed by atoms with Crippen LogP contribution in [0.5, 0.6) is 23.0 Å². The van der Waals surface area contributed by atoms with Gasteiger partial charge in [-0.25, -0.2) is 0 Å². The molecule has 0 aliphatic heterocycles. The molecule has 0 N–H and O–H groups in total. The van der Waals surface area contributed by atoms with Gasteiger partial charge < -0.3 is 28.4 Å². The molecular weight excluding hydrogens is 554 g/mol. The molecule has 0 atom stereocenters. The van der Waals surface area contributed by atoms with Crippen LogP contribution in [0.4, 0.5) is 0 Å². The molecule has 6 nitrogen and oxygen atoms in total. The van der Waals surface area contributed by atoms with E-state index in [2.05, 4.69) is 24.3 Å². The van der Waals surface area contributed by atoms with Crippen molar-refractivity contribution in [2.45, 2.75) is 5.79 Å². The number of hydrogen-bond donors (Lipinski definition) is 0. The van der Waals surface area contributed by atoms with Crippen molar-refractivity contribution in [3.8, 4) is 23.0 Å². The van der Waals surface area contributed by atoms with E-state index in [9.17, 15) is 0 Å². The van der Waals surface area contributed by atoms with E-state index in [1.165, 1.54) is 0 Å². The van der Waals surface area contributed by atoms with E-state index in [1.807, 2.05) is 72.8 Å². The van der Waals surface area contributed by atoms with Gasteiger partial charge in [-0.2, -0.15) is 0 Å². The van der Waals surface area contributed by atoms with Crippen LogP contribution in [-0.2, 0) is 9.47 Å². The highest BCUT2D eigenvalue weighted by atomic mass is 31.1. The van der Waals surface area contributed by atoms with Crippen molar-refractivity contribution in [3.63, 3.8) is 0 Å². The van der Waals surface area contributed by atoms with Crippen LogP contribution in [0.1, 0.15) is 0 Å². The first kappa shape index (κ1) is 30.8. The van der Waals surface area contributed by atoms with Crippen molar-refractivity contribution in [2.75, 3.05) is 55.0 Å². The van der Waals surface area contributed by atoms with E-state index >= 15 is 0 Å². The number of methoxy groups -OCH3 is 6. The van der Waals surface area contributed by atoms with Gasteiger partial charge in [-0.05, 0) is 40.1 Å². The minimum Gasteiger partial charge on any atom is -0.496 e. The zero-order valence-electron chi connectivity index (χ0n) is 24.5. The Morgan fingerprint density at radius 3 is 0.878 bits per heavy atom. The zero-order valence-corrected chi connectivity index (χ0v) is 26.3. The first-order valence-electron chi connectivity index (χ1n) is 13.2. The second-order valence-electron chi connectivity index (χ2n) is 9.18. The van der Waals surface area contributed by atoms with Gasteiger partial charge in [0.2, 0.25) is 0 Å². The van der Waals surface area contributed by atoms with Gasteiger partial charge in [0.15, 0.2) is 5.79 Å². The SMILES string of the molecule is COc1ccccc1P(CC(CP(c1ccccc1OC)c1ccccc1OC)(OC)OC)c1ccccc1OC. The largest absolute Gasteiger partial charge is 0.496 e. The molecule has 0 heterocycles. The summed E-state index contributed by atoms with van der Waals surface area (Å²) in [6.07, 6.45) is 1.14. The van der Waals surface area contributed by atoms with Gasteiger partial charge >= 0.3 is 0 Å². The van der Waals surface area contributed by atoms with E-state index in [0.29, 0.717) is 12.3 Å². The Morgan fingerprint density at radius 2 is 0.659 bits per heavy atom. The molecule has 0 saturated carbocycles. The molecule has 0 amide bonds.